The average molecular weight is 261 g/mol. The van der Waals surface area contributed by atoms with Crippen LogP contribution in [0.2, 0.25) is 0 Å². The lowest BCUT2D eigenvalue weighted by molar-refractivity contribution is -0.141. The van der Waals surface area contributed by atoms with E-state index in [2.05, 4.69) is 6.07 Å². The maximum absolute atomic E-state index is 12.1. The maximum Gasteiger partial charge on any atom is 0.303 e. The fraction of sp³-hybridized carbons (Fsp3) is 0.467. The molecule has 0 atom stereocenters. The molecule has 0 unspecified atom stereocenters. The lowest BCUT2D eigenvalue weighted by atomic mass is 10.1. The van der Waals surface area contributed by atoms with Crippen molar-refractivity contribution in [2.45, 2.75) is 45.2 Å². The zero-order valence-corrected chi connectivity index (χ0v) is 11.1. The summed E-state index contributed by atoms with van der Waals surface area (Å²) in [5.74, 6) is -0.967. The van der Waals surface area contributed by atoms with Crippen molar-refractivity contribution in [1.82, 2.24) is 4.90 Å². The summed E-state index contributed by atoms with van der Waals surface area (Å²) >= 11 is 0. The summed E-state index contributed by atoms with van der Waals surface area (Å²) in [4.78, 5) is 24.5. The van der Waals surface area contributed by atoms with Crippen LogP contribution in [0.5, 0.6) is 0 Å². The van der Waals surface area contributed by atoms with Gasteiger partial charge in [-0.05, 0) is 25.3 Å². The van der Waals surface area contributed by atoms with E-state index < -0.39 is 5.97 Å². The fourth-order valence-corrected chi connectivity index (χ4v) is 2.17. The number of rotatable bonds is 6. The van der Waals surface area contributed by atoms with Gasteiger partial charge in [-0.3, -0.25) is 9.59 Å². The number of carbonyl (C=O) groups excluding carboxylic acids is 1. The summed E-state index contributed by atoms with van der Waals surface area (Å²) in [7, 11) is 0. The van der Waals surface area contributed by atoms with E-state index in [0.717, 1.165) is 18.4 Å². The van der Waals surface area contributed by atoms with Gasteiger partial charge in [0.05, 0.1) is 6.42 Å². The van der Waals surface area contributed by atoms with Crippen LogP contribution in [0.4, 0.5) is 0 Å². The number of nitrogens with zero attached hydrogens (tertiary/aromatic N) is 1. The van der Waals surface area contributed by atoms with Gasteiger partial charge in [0, 0.05) is 19.0 Å². The molecule has 4 heteroatoms. The zero-order valence-electron chi connectivity index (χ0n) is 11.1. The first kappa shape index (κ1) is 13.6. The van der Waals surface area contributed by atoms with Gasteiger partial charge in [0.25, 0.3) is 0 Å². The van der Waals surface area contributed by atoms with Crippen molar-refractivity contribution in [3.05, 3.63) is 35.4 Å². The molecule has 102 valence electrons. The summed E-state index contributed by atoms with van der Waals surface area (Å²) in [6.07, 6.45) is 2.07. The number of carboxylic acid groups (broad SMARTS) is 1. The average Bonchev–Trinajstić information content (AvgIpc) is 3.17. The topological polar surface area (TPSA) is 57.6 Å². The Balaban J connectivity index is 2.00. The van der Waals surface area contributed by atoms with E-state index in [1.807, 2.05) is 30.0 Å². The molecule has 0 bridgehead atoms. The van der Waals surface area contributed by atoms with Crippen molar-refractivity contribution >= 4 is 11.9 Å². The molecule has 1 aliphatic carbocycles. The molecule has 0 radical (unpaired) electrons. The quantitative estimate of drug-likeness (QED) is 0.855. The molecule has 19 heavy (non-hydrogen) atoms. The van der Waals surface area contributed by atoms with E-state index in [0.29, 0.717) is 12.6 Å². The normalized spacial score (nSPS) is 14.2. The number of amides is 1. The molecule has 0 spiro atoms. The molecule has 1 saturated carbocycles. The molecule has 4 nitrogen and oxygen atoms in total. The van der Waals surface area contributed by atoms with Crippen molar-refractivity contribution in [3.63, 3.8) is 0 Å². The molecule has 1 aliphatic rings. The number of carboxylic acids is 1. The Labute approximate surface area is 113 Å². The van der Waals surface area contributed by atoms with Crippen molar-refractivity contribution < 1.29 is 14.7 Å². The third kappa shape index (κ3) is 4.09. The predicted molar refractivity (Wildman–Crippen MR) is 71.6 cm³/mol. The van der Waals surface area contributed by atoms with Gasteiger partial charge in [0.2, 0.25) is 5.91 Å². The standard InChI is InChI=1S/C15H19NO3/c1-11-3-2-4-12(9-11)10-16(13-5-6-13)14(17)7-8-15(18)19/h2-4,9,13H,5-8,10H2,1H3,(H,18,19). The molecule has 2 rings (SSSR count). The number of benzene rings is 1. The second kappa shape index (κ2) is 5.87. The largest absolute Gasteiger partial charge is 0.481 e. The van der Waals surface area contributed by atoms with Gasteiger partial charge in [-0.2, -0.15) is 0 Å². The van der Waals surface area contributed by atoms with E-state index in [1.165, 1.54) is 5.56 Å². The van der Waals surface area contributed by atoms with Crippen molar-refractivity contribution in [2.24, 2.45) is 0 Å². The minimum Gasteiger partial charge on any atom is -0.481 e. The van der Waals surface area contributed by atoms with Crippen LogP contribution < -0.4 is 0 Å². The second-order valence-electron chi connectivity index (χ2n) is 5.14. The molecule has 0 heterocycles. The minimum absolute atomic E-state index is 0.0496. The van der Waals surface area contributed by atoms with Gasteiger partial charge in [-0.1, -0.05) is 29.8 Å². The van der Waals surface area contributed by atoms with Crippen LogP contribution in [0.15, 0.2) is 24.3 Å². The number of hydrogen-bond acceptors (Lipinski definition) is 2. The smallest absolute Gasteiger partial charge is 0.303 e. The fourth-order valence-electron chi connectivity index (χ4n) is 2.17. The predicted octanol–water partition coefficient (Wildman–Crippen LogP) is 2.35. The van der Waals surface area contributed by atoms with Gasteiger partial charge in [-0.25, -0.2) is 0 Å². The second-order valence-corrected chi connectivity index (χ2v) is 5.14. The lowest BCUT2D eigenvalue weighted by Gasteiger charge is -2.22. The van der Waals surface area contributed by atoms with E-state index in [4.69, 9.17) is 5.11 Å². The number of hydrogen-bond donors (Lipinski definition) is 1. The molecule has 1 aromatic rings. The molecule has 1 amide bonds. The van der Waals surface area contributed by atoms with Crippen molar-refractivity contribution in [1.29, 1.82) is 0 Å². The molecule has 0 aromatic heterocycles. The lowest BCUT2D eigenvalue weighted by Crippen LogP contribution is -2.32. The first-order valence-electron chi connectivity index (χ1n) is 6.63. The molecule has 1 aromatic carbocycles. The van der Waals surface area contributed by atoms with Gasteiger partial charge in [0.15, 0.2) is 0 Å². The highest BCUT2D eigenvalue weighted by Crippen LogP contribution is 2.29. The van der Waals surface area contributed by atoms with Crippen LogP contribution in [0, 0.1) is 6.92 Å². The van der Waals surface area contributed by atoms with Crippen LogP contribution in [0.3, 0.4) is 0 Å². The highest BCUT2D eigenvalue weighted by atomic mass is 16.4. The highest BCUT2D eigenvalue weighted by molar-refractivity contribution is 5.81. The molecule has 0 aliphatic heterocycles. The summed E-state index contributed by atoms with van der Waals surface area (Å²) in [5.41, 5.74) is 2.28. The van der Waals surface area contributed by atoms with E-state index in [9.17, 15) is 9.59 Å². The third-order valence-corrected chi connectivity index (χ3v) is 3.30. The minimum atomic E-state index is -0.917. The van der Waals surface area contributed by atoms with Gasteiger partial charge < -0.3 is 10.0 Å². The Morgan fingerprint density at radius 2 is 2.05 bits per heavy atom. The number of aryl methyl sites for hydroxylation is 1. The van der Waals surface area contributed by atoms with Crippen LogP contribution in [0.1, 0.15) is 36.8 Å². The van der Waals surface area contributed by atoms with Crippen molar-refractivity contribution in [3.8, 4) is 0 Å². The maximum atomic E-state index is 12.1. The molecule has 0 saturated heterocycles. The molecular weight excluding hydrogens is 242 g/mol. The monoisotopic (exact) mass is 261 g/mol. The highest BCUT2D eigenvalue weighted by Gasteiger charge is 2.32. The van der Waals surface area contributed by atoms with E-state index in [-0.39, 0.29) is 18.7 Å². The summed E-state index contributed by atoms with van der Waals surface area (Å²) in [6, 6.07) is 8.39. The van der Waals surface area contributed by atoms with Crippen LogP contribution in [-0.2, 0) is 16.1 Å². The van der Waals surface area contributed by atoms with Gasteiger partial charge in [-0.15, -0.1) is 0 Å². The summed E-state index contributed by atoms with van der Waals surface area (Å²) in [5, 5.41) is 8.65. The van der Waals surface area contributed by atoms with Crippen LogP contribution in [0.25, 0.3) is 0 Å². The Bertz CT molecular complexity index is 480. The van der Waals surface area contributed by atoms with E-state index in [1.54, 1.807) is 0 Å². The van der Waals surface area contributed by atoms with Crippen LogP contribution in [-0.4, -0.2) is 27.9 Å². The number of aliphatic carboxylic acids is 1. The van der Waals surface area contributed by atoms with Gasteiger partial charge >= 0.3 is 5.97 Å². The van der Waals surface area contributed by atoms with E-state index >= 15 is 0 Å². The zero-order chi connectivity index (χ0) is 13.8. The molecular formula is C15H19NO3. The third-order valence-electron chi connectivity index (χ3n) is 3.30. The number of carbonyl (C=O) groups is 2. The summed E-state index contributed by atoms with van der Waals surface area (Å²) < 4.78 is 0. The first-order valence-corrected chi connectivity index (χ1v) is 6.63. The van der Waals surface area contributed by atoms with Crippen LogP contribution >= 0.6 is 0 Å². The van der Waals surface area contributed by atoms with Crippen molar-refractivity contribution in [2.75, 3.05) is 0 Å². The summed E-state index contributed by atoms with van der Waals surface area (Å²) in [6.45, 7) is 2.61. The Kier molecular flexibility index (Phi) is 4.20. The Morgan fingerprint density at radius 1 is 1.32 bits per heavy atom. The SMILES string of the molecule is Cc1cccc(CN(C(=O)CCC(=O)O)C2CC2)c1. The molecule has 1 N–H and O–H groups in total. The Hall–Kier alpha value is -1.84. The van der Waals surface area contributed by atoms with Gasteiger partial charge in [0.1, 0.15) is 0 Å². The molecule has 1 fully saturated rings. The Morgan fingerprint density at radius 3 is 2.63 bits per heavy atom. The first-order chi connectivity index (χ1) is 9.06.